The van der Waals surface area contributed by atoms with Crippen molar-refractivity contribution >= 4 is 16.9 Å². The minimum atomic E-state index is -0.123. The Bertz CT molecular complexity index is 622. The highest BCUT2D eigenvalue weighted by Crippen LogP contribution is 2.18. The summed E-state index contributed by atoms with van der Waals surface area (Å²) in [7, 11) is 0. The Balaban J connectivity index is 2.43. The van der Waals surface area contributed by atoms with Crippen molar-refractivity contribution in [1.82, 2.24) is 15.0 Å². The molecule has 94 valence electrons. The predicted molar refractivity (Wildman–Crippen MR) is 69.6 cm³/mol. The molecule has 0 aliphatic carbocycles. The van der Waals surface area contributed by atoms with Gasteiger partial charge in [0.15, 0.2) is 0 Å². The van der Waals surface area contributed by atoms with Gasteiger partial charge in [-0.25, -0.2) is 0 Å². The summed E-state index contributed by atoms with van der Waals surface area (Å²) in [4.78, 5) is 0. The molecule has 0 bridgehead atoms. The quantitative estimate of drug-likeness (QED) is 0.844. The lowest BCUT2D eigenvalue weighted by atomic mass is 10.3. The van der Waals surface area contributed by atoms with E-state index in [4.69, 9.17) is 4.74 Å². The molecule has 0 unspecified atom stereocenters. The Kier molecular flexibility index (Phi) is 3.32. The summed E-state index contributed by atoms with van der Waals surface area (Å²) in [5.41, 5.74) is 2.29. The first-order chi connectivity index (χ1) is 8.63. The Hall–Kier alpha value is -2.30. The summed E-state index contributed by atoms with van der Waals surface area (Å²) in [6.07, 6.45) is 1.72. The van der Waals surface area contributed by atoms with Gasteiger partial charge in [0, 0.05) is 5.57 Å². The summed E-state index contributed by atoms with van der Waals surface area (Å²) in [5, 5.41) is 17.7. The standard InChI is InChI=1S/C13H15N3O2/c1-4-12(18-13(17)9(2)3)16-11-8-6-5-7-10(11)14-15-16/h4-8,17H,1-3H3. The normalized spacial score (nSPS) is 11.6. The first-order valence-corrected chi connectivity index (χ1v) is 5.65. The van der Waals surface area contributed by atoms with Crippen LogP contribution in [0.25, 0.3) is 16.9 Å². The fraction of sp³-hybridized carbons (Fsp3) is 0.231. The fourth-order valence-electron chi connectivity index (χ4n) is 1.46. The van der Waals surface area contributed by atoms with E-state index in [2.05, 4.69) is 10.3 Å². The van der Waals surface area contributed by atoms with Gasteiger partial charge in [-0.2, -0.15) is 4.68 Å². The SMILES string of the molecule is CC=C(OC(O)=C(C)C)n1nnc2ccccc21. The number of nitrogens with zero attached hydrogens (tertiary/aromatic N) is 3. The molecule has 0 aliphatic heterocycles. The van der Waals surface area contributed by atoms with Gasteiger partial charge in [0.2, 0.25) is 5.88 Å². The molecule has 0 fully saturated rings. The number of aliphatic hydroxyl groups excluding tert-OH is 1. The molecular weight excluding hydrogens is 230 g/mol. The van der Waals surface area contributed by atoms with Crippen LogP contribution in [0.4, 0.5) is 0 Å². The van der Waals surface area contributed by atoms with Crippen LogP contribution in [0.1, 0.15) is 20.8 Å². The molecule has 0 spiro atoms. The third-order valence-corrected chi connectivity index (χ3v) is 2.44. The van der Waals surface area contributed by atoms with E-state index in [1.165, 1.54) is 0 Å². The van der Waals surface area contributed by atoms with E-state index in [-0.39, 0.29) is 5.95 Å². The minimum Gasteiger partial charge on any atom is -0.481 e. The third kappa shape index (κ3) is 2.20. The van der Waals surface area contributed by atoms with E-state index in [9.17, 15) is 5.11 Å². The Morgan fingerprint density at radius 2 is 2.06 bits per heavy atom. The Labute approximate surface area is 105 Å². The molecule has 0 saturated carbocycles. The molecular formula is C13H15N3O2. The molecule has 0 aliphatic rings. The molecule has 5 nitrogen and oxygen atoms in total. The largest absolute Gasteiger partial charge is 0.481 e. The molecule has 5 heteroatoms. The van der Waals surface area contributed by atoms with E-state index < -0.39 is 0 Å². The zero-order valence-electron chi connectivity index (χ0n) is 10.6. The van der Waals surface area contributed by atoms with E-state index >= 15 is 0 Å². The summed E-state index contributed by atoms with van der Waals surface area (Å²) >= 11 is 0. The molecule has 0 saturated heterocycles. The topological polar surface area (TPSA) is 60.2 Å². The van der Waals surface area contributed by atoms with Crippen molar-refractivity contribution < 1.29 is 9.84 Å². The van der Waals surface area contributed by atoms with Gasteiger partial charge in [0.1, 0.15) is 5.52 Å². The van der Waals surface area contributed by atoms with Gasteiger partial charge in [0.25, 0.3) is 5.95 Å². The number of aliphatic hydroxyl groups is 1. The highest BCUT2D eigenvalue weighted by Gasteiger charge is 2.10. The van der Waals surface area contributed by atoms with Crippen LogP contribution < -0.4 is 0 Å². The number of hydrogen-bond donors (Lipinski definition) is 1. The first kappa shape index (κ1) is 12.2. The lowest BCUT2D eigenvalue weighted by molar-refractivity contribution is 0.167. The van der Waals surface area contributed by atoms with Gasteiger partial charge in [-0.3, -0.25) is 0 Å². The molecule has 0 radical (unpaired) electrons. The highest BCUT2D eigenvalue weighted by molar-refractivity contribution is 5.76. The van der Waals surface area contributed by atoms with Gasteiger partial charge in [-0.05, 0) is 39.0 Å². The highest BCUT2D eigenvalue weighted by atomic mass is 16.6. The van der Waals surface area contributed by atoms with Crippen molar-refractivity contribution in [3.8, 4) is 0 Å². The number of ether oxygens (including phenoxy) is 1. The molecule has 0 amide bonds. The molecule has 0 atom stereocenters. The maximum Gasteiger partial charge on any atom is 0.282 e. The number of benzene rings is 1. The van der Waals surface area contributed by atoms with Crippen LogP contribution >= 0.6 is 0 Å². The molecule has 1 heterocycles. The van der Waals surface area contributed by atoms with Crippen molar-refractivity contribution in [2.75, 3.05) is 0 Å². The van der Waals surface area contributed by atoms with Crippen LogP contribution in [-0.2, 0) is 4.74 Å². The second-order valence-corrected chi connectivity index (χ2v) is 4.02. The van der Waals surface area contributed by atoms with Crippen molar-refractivity contribution in [3.05, 3.63) is 41.9 Å². The van der Waals surface area contributed by atoms with Gasteiger partial charge >= 0.3 is 0 Å². The number of fused-ring (bicyclic) bond motifs is 1. The van der Waals surface area contributed by atoms with Crippen molar-refractivity contribution in [3.63, 3.8) is 0 Å². The molecule has 18 heavy (non-hydrogen) atoms. The van der Waals surface area contributed by atoms with Crippen molar-refractivity contribution in [1.29, 1.82) is 0 Å². The summed E-state index contributed by atoms with van der Waals surface area (Å²) in [5.74, 6) is 0.296. The molecule has 1 aromatic heterocycles. The fourth-order valence-corrected chi connectivity index (χ4v) is 1.46. The first-order valence-electron chi connectivity index (χ1n) is 5.65. The molecule has 2 aromatic rings. The monoisotopic (exact) mass is 245 g/mol. The van der Waals surface area contributed by atoms with Crippen LogP contribution in [0.3, 0.4) is 0 Å². The lowest BCUT2D eigenvalue weighted by Crippen LogP contribution is -2.04. The number of para-hydroxylation sites is 1. The Morgan fingerprint density at radius 1 is 1.33 bits per heavy atom. The van der Waals surface area contributed by atoms with Gasteiger partial charge in [-0.1, -0.05) is 17.3 Å². The molecule has 2 rings (SSSR count). The average molecular weight is 245 g/mol. The number of hydrogen-bond acceptors (Lipinski definition) is 4. The van der Waals surface area contributed by atoms with Crippen LogP contribution in [0, 0.1) is 0 Å². The zero-order valence-corrected chi connectivity index (χ0v) is 10.6. The Morgan fingerprint density at radius 3 is 2.72 bits per heavy atom. The molecule has 1 N–H and O–H groups in total. The lowest BCUT2D eigenvalue weighted by Gasteiger charge is -2.09. The maximum absolute atomic E-state index is 9.65. The van der Waals surface area contributed by atoms with Gasteiger partial charge < -0.3 is 9.84 Å². The maximum atomic E-state index is 9.65. The van der Waals surface area contributed by atoms with Crippen LogP contribution in [0.2, 0.25) is 0 Å². The van der Waals surface area contributed by atoms with Crippen LogP contribution in [-0.4, -0.2) is 20.1 Å². The molecule has 1 aromatic carbocycles. The van der Waals surface area contributed by atoms with Gasteiger partial charge in [0.05, 0.1) is 5.52 Å². The van der Waals surface area contributed by atoms with E-state index in [1.54, 1.807) is 24.6 Å². The summed E-state index contributed by atoms with van der Waals surface area (Å²) in [6.45, 7) is 5.34. The van der Waals surface area contributed by atoms with E-state index in [1.807, 2.05) is 31.2 Å². The van der Waals surface area contributed by atoms with Crippen molar-refractivity contribution in [2.45, 2.75) is 20.8 Å². The zero-order chi connectivity index (χ0) is 13.1. The van der Waals surface area contributed by atoms with E-state index in [0.717, 1.165) is 11.0 Å². The van der Waals surface area contributed by atoms with E-state index in [0.29, 0.717) is 11.5 Å². The third-order valence-electron chi connectivity index (χ3n) is 2.44. The number of allylic oxidation sites excluding steroid dienone is 2. The second-order valence-electron chi connectivity index (χ2n) is 4.02. The number of aromatic nitrogens is 3. The predicted octanol–water partition coefficient (Wildman–Crippen LogP) is 3.08. The van der Waals surface area contributed by atoms with Crippen molar-refractivity contribution in [2.24, 2.45) is 0 Å². The minimum absolute atomic E-state index is 0.123. The van der Waals surface area contributed by atoms with Crippen LogP contribution in [0.5, 0.6) is 0 Å². The number of rotatable bonds is 3. The average Bonchev–Trinajstić information content (AvgIpc) is 2.79. The smallest absolute Gasteiger partial charge is 0.282 e. The second kappa shape index (κ2) is 4.91. The van der Waals surface area contributed by atoms with Gasteiger partial charge in [-0.15, -0.1) is 5.10 Å². The summed E-state index contributed by atoms with van der Waals surface area (Å²) < 4.78 is 6.92. The summed E-state index contributed by atoms with van der Waals surface area (Å²) in [6, 6.07) is 7.55. The van der Waals surface area contributed by atoms with Crippen LogP contribution in [0.15, 0.2) is 41.9 Å².